The summed E-state index contributed by atoms with van der Waals surface area (Å²) in [5, 5.41) is 7.46. The van der Waals surface area contributed by atoms with Crippen molar-refractivity contribution in [3.63, 3.8) is 0 Å². The number of hydrogen-bond acceptors (Lipinski definition) is 3. The van der Waals surface area contributed by atoms with E-state index in [2.05, 4.69) is 68.1 Å². The number of nitrogens with two attached hydrogens (primary N) is 1. The van der Waals surface area contributed by atoms with Gasteiger partial charge < -0.3 is 16.0 Å². The number of anilines is 1. The molecule has 0 aromatic heterocycles. The molecule has 0 fully saturated rings. The average molecular weight is 333 g/mol. The Balaban J connectivity index is 1.78. The summed E-state index contributed by atoms with van der Waals surface area (Å²) in [6.45, 7) is 8.70. The smallest absolute Gasteiger partial charge is 0.0429 e. The molecule has 3 rings (SSSR count). The van der Waals surface area contributed by atoms with Gasteiger partial charge >= 0.3 is 0 Å². The van der Waals surface area contributed by atoms with E-state index in [0.29, 0.717) is 0 Å². The highest BCUT2D eigenvalue weighted by Gasteiger charge is 2.20. The molecule has 3 N–H and O–H groups in total. The summed E-state index contributed by atoms with van der Waals surface area (Å²) in [6, 6.07) is 15.4. The van der Waals surface area contributed by atoms with Gasteiger partial charge in [-0.3, -0.25) is 0 Å². The van der Waals surface area contributed by atoms with Crippen molar-refractivity contribution in [2.75, 3.05) is 11.4 Å². The van der Waals surface area contributed by atoms with Crippen LogP contribution in [0.15, 0.2) is 48.7 Å². The Kier molecular flexibility index (Phi) is 4.67. The Labute approximate surface area is 150 Å². The molecule has 0 bridgehead atoms. The Hall–Kier alpha value is -2.55. The third-order valence-corrected chi connectivity index (χ3v) is 4.93. The normalized spacial score (nSPS) is 14.5. The minimum absolute atomic E-state index is 0.193. The van der Waals surface area contributed by atoms with Crippen LogP contribution in [-0.4, -0.2) is 12.8 Å². The zero-order valence-electron chi connectivity index (χ0n) is 15.3. The van der Waals surface area contributed by atoms with Gasteiger partial charge in [0.1, 0.15) is 0 Å². The Morgan fingerprint density at radius 3 is 2.48 bits per heavy atom. The molecule has 2 aromatic rings. The molecule has 130 valence electrons. The Morgan fingerprint density at radius 2 is 1.88 bits per heavy atom. The summed E-state index contributed by atoms with van der Waals surface area (Å²) in [5.74, 6) is 0. The number of rotatable bonds is 4. The first-order chi connectivity index (χ1) is 11.9. The molecule has 0 unspecified atom stereocenters. The molecule has 2 aromatic carbocycles. The number of nitrogens with one attached hydrogen (secondary N) is 1. The minimum Gasteiger partial charge on any atom is -0.404 e. The maximum Gasteiger partial charge on any atom is 0.0429 e. The van der Waals surface area contributed by atoms with Crippen LogP contribution in [0.4, 0.5) is 5.69 Å². The van der Waals surface area contributed by atoms with Gasteiger partial charge in [0, 0.05) is 36.8 Å². The molecule has 3 heteroatoms. The lowest BCUT2D eigenvalue weighted by Crippen LogP contribution is -2.19. The molecule has 0 aliphatic carbocycles. The molecular weight excluding hydrogens is 306 g/mol. The predicted molar refractivity (Wildman–Crippen MR) is 107 cm³/mol. The molecule has 0 spiro atoms. The third-order valence-electron chi connectivity index (χ3n) is 4.93. The van der Waals surface area contributed by atoms with E-state index in [0.717, 1.165) is 30.6 Å². The van der Waals surface area contributed by atoms with Crippen molar-refractivity contribution in [1.82, 2.24) is 0 Å². The van der Waals surface area contributed by atoms with Gasteiger partial charge in [0.15, 0.2) is 0 Å². The number of benzene rings is 2. The molecule has 0 radical (unpaired) electrons. The predicted octanol–water partition coefficient (Wildman–Crippen LogP) is 4.50. The van der Waals surface area contributed by atoms with E-state index in [-0.39, 0.29) is 5.41 Å². The summed E-state index contributed by atoms with van der Waals surface area (Å²) in [5.41, 5.74) is 12.9. The van der Waals surface area contributed by atoms with Gasteiger partial charge in [0.25, 0.3) is 0 Å². The standard InChI is InChI=1S/C22H27N3/c1-22(2,3)20-7-4-16(5-8-20)15-25-11-10-18-12-17(6-9-21(18)25)19(13-23)14-24/h4-9,12-14,23H,10-11,15,24H2,1-3H3/b19-14+,23-13?. The molecule has 0 saturated carbocycles. The topological polar surface area (TPSA) is 53.1 Å². The van der Waals surface area contributed by atoms with Crippen LogP contribution in [0.3, 0.4) is 0 Å². The number of nitrogens with zero attached hydrogens (tertiary/aromatic N) is 1. The van der Waals surface area contributed by atoms with Crippen LogP contribution in [0.5, 0.6) is 0 Å². The van der Waals surface area contributed by atoms with Crippen molar-refractivity contribution < 1.29 is 0 Å². The molecule has 25 heavy (non-hydrogen) atoms. The van der Waals surface area contributed by atoms with Crippen LogP contribution in [-0.2, 0) is 18.4 Å². The Morgan fingerprint density at radius 1 is 1.16 bits per heavy atom. The molecule has 1 aliphatic rings. The molecule has 1 aliphatic heterocycles. The van der Waals surface area contributed by atoms with E-state index in [1.54, 1.807) is 0 Å². The number of hydrogen-bond donors (Lipinski definition) is 2. The molecule has 3 nitrogen and oxygen atoms in total. The third kappa shape index (κ3) is 3.60. The summed E-state index contributed by atoms with van der Waals surface area (Å²) in [4.78, 5) is 2.43. The second kappa shape index (κ2) is 6.75. The highest BCUT2D eigenvalue weighted by Crippen LogP contribution is 2.32. The van der Waals surface area contributed by atoms with Crippen molar-refractivity contribution in [2.45, 2.75) is 39.2 Å². The minimum atomic E-state index is 0.193. The molecule has 0 amide bonds. The van der Waals surface area contributed by atoms with E-state index in [9.17, 15) is 0 Å². The second-order valence-corrected chi connectivity index (χ2v) is 7.73. The van der Waals surface area contributed by atoms with Crippen LogP contribution < -0.4 is 10.6 Å². The maximum absolute atomic E-state index is 7.46. The molecule has 0 saturated heterocycles. The highest BCUT2D eigenvalue weighted by molar-refractivity contribution is 6.08. The SMILES string of the molecule is CC(C)(C)c1ccc(CN2CCc3cc(/C(C=N)=C/N)ccc32)cc1. The first-order valence-electron chi connectivity index (χ1n) is 8.82. The monoisotopic (exact) mass is 333 g/mol. The van der Waals surface area contributed by atoms with Gasteiger partial charge in [-0.1, -0.05) is 51.1 Å². The second-order valence-electron chi connectivity index (χ2n) is 7.73. The Bertz CT molecular complexity index is 795. The lowest BCUT2D eigenvalue weighted by atomic mass is 9.87. The van der Waals surface area contributed by atoms with Crippen LogP contribution >= 0.6 is 0 Å². The summed E-state index contributed by atoms with van der Waals surface area (Å²) in [6.07, 6.45) is 3.85. The van der Waals surface area contributed by atoms with Gasteiger partial charge in [-0.15, -0.1) is 0 Å². The van der Waals surface area contributed by atoms with Crippen molar-refractivity contribution in [1.29, 1.82) is 5.41 Å². The largest absolute Gasteiger partial charge is 0.404 e. The maximum atomic E-state index is 7.46. The van der Waals surface area contributed by atoms with Gasteiger partial charge in [0.2, 0.25) is 0 Å². The summed E-state index contributed by atoms with van der Waals surface area (Å²) >= 11 is 0. The zero-order chi connectivity index (χ0) is 18.0. The van der Waals surface area contributed by atoms with Crippen LogP contribution in [0.25, 0.3) is 5.57 Å². The van der Waals surface area contributed by atoms with Crippen LogP contribution in [0, 0.1) is 5.41 Å². The van der Waals surface area contributed by atoms with Crippen molar-refractivity contribution in [3.8, 4) is 0 Å². The highest BCUT2D eigenvalue weighted by atomic mass is 15.1. The van der Waals surface area contributed by atoms with Gasteiger partial charge in [0.05, 0.1) is 0 Å². The summed E-state index contributed by atoms with van der Waals surface area (Å²) in [7, 11) is 0. The van der Waals surface area contributed by atoms with Crippen molar-refractivity contribution in [2.24, 2.45) is 5.73 Å². The fourth-order valence-corrected chi connectivity index (χ4v) is 3.37. The number of fused-ring (bicyclic) bond motifs is 1. The first-order valence-corrected chi connectivity index (χ1v) is 8.82. The van der Waals surface area contributed by atoms with Crippen LogP contribution in [0.1, 0.15) is 43.0 Å². The average Bonchev–Trinajstić information content (AvgIpc) is 2.98. The fraction of sp³-hybridized carbons (Fsp3) is 0.318. The van der Waals surface area contributed by atoms with E-state index in [4.69, 9.17) is 11.1 Å². The van der Waals surface area contributed by atoms with Gasteiger partial charge in [-0.05, 0) is 46.2 Å². The van der Waals surface area contributed by atoms with E-state index >= 15 is 0 Å². The summed E-state index contributed by atoms with van der Waals surface area (Å²) < 4.78 is 0. The lowest BCUT2D eigenvalue weighted by molar-refractivity contribution is 0.590. The quantitative estimate of drug-likeness (QED) is 0.810. The van der Waals surface area contributed by atoms with E-state index in [1.807, 2.05) is 0 Å². The van der Waals surface area contributed by atoms with Crippen LogP contribution in [0.2, 0.25) is 0 Å². The lowest BCUT2D eigenvalue weighted by Gasteiger charge is -2.22. The molecule has 0 atom stereocenters. The van der Waals surface area contributed by atoms with Gasteiger partial charge in [-0.2, -0.15) is 0 Å². The van der Waals surface area contributed by atoms with Gasteiger partial charge in [-0.25, -0.2) is 0 Å². The molecular formula is C22H27N3. The number of allylic oxidation sites excluding steroid dienone is 1. The van der Waals surface area contributed by atoms with Crippen molar-refractivity contribution in [3.05, 3.63) is 70.9 Å². The molecule has 1 heterocycles. The first kappa shape index (κ1) is 17.3. The van der Waals surface area contributed by atoms with Crippen molar-refractivity contribution >= 4 is 17.5 Å². The zero-order valence-corrected chi connectivity index (χ0v) is 15.3. The van der Waals surface area contributed by atoms with E-state index in [1.165, 1.54) is 34.8 Å². The van der Waals surface area contributed by atoms with E-state index < -0.39 is 0 Å². The fourth-order valence-electron chi connectivity index (χ4n) is 3.37.